The molecule has 0 radical (unpaired) electrons. The van der Waals surface area contributed by atoms with E-state index in [0.717, 1.165) is 22.7 Å². The first-order valence-corrected chi connectivity index (χ1v) is 14.3. The maximum absolute atomic E-state index is 13.7. The van der Waals surface area contributed by atoms with Crippen LogP contribution in [0.1, 0.15) is 48.9 Å². The molecule has 37 heavy (non-hydrogen) atoms. The first kappa shape index (κ1) is 25.1. The van der Waals surface area contributed by atoms with E-state index in [1.54, 1.807) is 36.4 Å². The van der Waals surface area contributed by atoms with E-state index < -0.39 is 10.0 Å². The maximum atomic E-state index is 13.7. The SMILES string of the molecule is CC[C@@H](NC(=O)CN(c1ccc2c(c1)OCCO2)S(=O)(=O)c1ccccc1)c1ccc2c(c1)CCCC2. The number of sulfonamides is 1. The van der Waals surface area contributed by atoms with Crippen LogP contribution in [-0.4, -0.2) is 34.1 Å². The molecule has 3 aromatic rings. The van der Waals surface area contributed by atoms with Crippen LogP contribution in [0.2, 0.25) is 0 Å². The largest absolute Gasteiger partial charge is 0.486 e. The molecular weight excluding hydrogens is 488 g/mol. The molecule has 1 amide bonds. The van der Waals surface area contributed by atoms with Gasteiger partial charge in [0.1, 0.15) is 19.8 Å². The first-order valence-electron chi connectivity index (χ1n) is 12.8. The number of anilines is 1. The van der Waals surface area contributed by atoms with E-state index >= 15 is 0 Å². The normalized spacial score (nSPS) is 15.4. The summed E-state index contributed by atoms with van der Waals surface area (Å²) in [6.45, 7) is 2.46. The number of hydrogen-bond acceptors (Lipinski definition) is 5. The molecule has 0 bridgehead atoms. The van der Waals surface area contributed by atoms with Crippen molar-refractivity contribution in [3.05, 3.63) is 83.4 Å². The van der Waals surface area contributed by atoms with E-state index in [2.05, 4.69) is 23.5 Å². The monoisotopic (exact) mass is 520 g/mol. The Hall–Kier alpha value is -3.52. The van der Waals surface area contributed by atoms with Crippen LogP contribution >= 0.6 is 0 Å². The average molecular weight is 521 g/mol. The van der Waals surface area contributed by atoms with Gasteiger partial charge in [-0.3, -0.25) is 9.10 Å². The Balaban J connectivity index is 1.42. The fourth-order valence-corrected chi connectivity index (χ4v) is 6.42. The van der Waals surface area contributed by atoms with Crippen molar-refractivity contribution in [3.8, 4) is 11.5 Å². The summed E-state index contributed by atoms with van der Waals surface area (Å²) < 4.78 is 39.8. The van der Waals surface area contributed by atoms with Gasteiger partial charge in [0.05, 0.1) is 16.6 Å². The van der Waals surface area contributed by atoms with Crippen molar-refractivity contribution in [2.24, 2.45) is 0 Å². The number of benzene rings is 3. The molecule has 2 aliphatic rings. The smallest absolute Gasteiger partial charge is 0.264 e. The minimum absolute atomic E-state index is 0.111. The molecule has 1 N–H and O–H groups in total. The van der Waals surface area contributed by atoms with Gasteiger partial charge in [0.25, 0.3) is 10.0 Å². The fourth-order valence-electron chi connectivity index (χ4n) is 4.98. The highest BCUT2D eigenvalue weighted by molar-refractivity contribution is 7.92. The summed E-state index contributed by atoms with van der Waals surface area (Å²) in [7, 11) is -4.02. The van der Waals surface area contributed by atoms with Gasteiger partial charge in [0, 0.05) is 6.07 Å². The minimum atomic E-state index is -4.02. The minimum Gasteiger partial charge on any atom is -0.486 e. The van der Waals surface area contributed by atoms with Gasteiger partial charge in [-0.1, -0.05) is 43.3 Å². The predicted molar refractivity (Wildman–Crippen MR) is 143 cm³/mol. The lowest BCUT2D eigenvalue weighted by Gasteiger charge is -2.27. The van der Waals surface area contributed by atoms with Crippen LogP contribution in [-0.2, 0) is 27.7 Å². The number of fused-ring (bicyclic) bond motifs is 2. The number of nitrogens with one attached hydrogen (secondary N) is 1. The highest BCUT2D eigenvalue weighted by Crippen LogP contribution is 2.36. The highest BCUT2D eigenvalue weighted by Gasteiger charge is 2.29. The highest BCUT2D eigenvalue weighted by atomic mass is 32.2. The lowest BCUT2D eigenvalue weighted by Crippen LogP contribution is -2.42. The van der Waals surface area contributed by atoms with Gasteiger partial charge in [-0.05, 0) is 73.1 Å². The second-order valence-corrected chi connectivity index (χ2v) is 11.3. The average Bonchev–Trinajstić information content (AvgIpc) is 2.94. The summed E-state index contributed by atoms with van der Waals surface area (Å²) >= 11 is 0. The van der Waals surface area contributed by atoms with Crippen molar-refractivity contribution < 1.29 is 22.7 Å². The van der Waals surface area contributed by atoms with E-state index in [0.29, 0.717) is 36.8 Å². The first-order chi connectivity index (χ1) is 18.0. The van der Waals surface area contributed by atoms with Crippen LogP contribution < -0.4 is 19.1 Å². The van der Waals surface area contributed by atoms with Crippen molar-refractivity contribution >= 4 is 21.6 Å². The summed E-state index contributed by atoms with van der Waals surface area (Å²) in [6, 6.07) is 19.3. The van der Waals surface area contributed by atoms with Crippen LogP contribution in [0, 0.1) is 0 Å². The standard InChI is InChI=1S/C29H32N2O5S/c1-2-26(23-13-12-21-8-6-7-9-22(21)18-23)30-29(32)20-31(37(33,34)25-10-4-3-5-11-25)24-14-15-27-28(19-24)36-17-16-35-27/h3-5,10-15,18-19,26H,2,6-9,16-17,20H2,1H3,(H,30,32)/t26-/m1/s1. The molecule has 1 heterocycles. The third kappa shape index (κ3) is 5.44. The van der Waals surface area contributed by atoms with Gasteiger partial charge in [0.2, 0.25) is 5.91 Å². The summed E-state index contributed by atoms with van der Waals surface area (Å²) in [5.41, 5.74) is 4.12. The zero-order valence-electron chi connectivity index (χ0n) is 21.0. The molecule has 0 aromatic heterocycles. The Bertz CT molecular complexity index is 1370. The molecule has 0 fully saturated rings. The van der Waals surface area contributed by atoms with Crippen molar-refractivity contribution in [2.45, 2.75) is 50.0 Å². The van der Waals surface area contributed by atoms with Crippen LogP contribution in [0.3, 0.4) is 0 Å². The van der Waals surface area contributed by atoms with Crippen molar-refractivity contribution in [1.29, 1.82) is 0 Å². The lowest BCUT2D eigenvalue weighted by molar-refractivity contribution is -0.120. The third-order valence-corrected chi connectivity index (χ3v) is 8.74. The van der Waals surface area contributed by atoms with Gasteiger partial charge >= 0.3 is 0 Å². The molecule has 5 rings (SSSR count). The quantitative estimate of drug-likeness (QED) is 0.461. The van der Waals surface area contributed by atoms with Gasteiger partial charge in [-0.25, -0.2) is 8.42 Å². The maximum Gasteiger partial charge on any atom is 0.264 e. The second-order valence-electron chi connectivity index (χ2n) is 9.42. The number of nitrogens with zero attached hydrogens (tertiary/aromatic N) is 1. The molecule has 3 aromatic carbocycles. The number of amides is 1. The van der Waals surface area contributed by atoms with Crippen LogP contribution in [0.15, 0.2) is 71.6 Å². The molecule has 1 aliphatic carbocycles. The van der Waals surface area contributed by atoms with Gasteiger partial charge < -0.3 is 14.8 Å². The van der Waals surface area contributed by atoms with Crippen LogP contribution in [0.25, 0.3) is 0 Å². The predicted octanol–water partition coefficient (Wildman–Crippen LogP) is 4.80. The molecule has 1 atom stereocenters. The fraction of sp³-hybridized carbons (Fsp3) is 0.345. The molecule has 7 nitrogen and oxygen atoms in total. The Morgan fingerprint density at radius 3 is 2.41 bits per heavy atom. The number of aryl methyl sites for hydroxylation is 2. The van der Waals surface area contributed by atoms with E-state index in [1.807, 2.05) is 6.92 Å². The zero-order chi connectivity index (χ0) is 25.8. The van der Waals surface area contributed by atoms with Gasteiger partial charge in [0.15, 0.2) is 11.5 Å². The van der Waals surface area contributed by atoms with E-state index in [1.165, 1.54) is 36.1 Å². The molecule has 0 spiro atoms. The second kappa shape index (κ2) is 10.8. The van der Waals surface area contributed by atoms with Crippen molar-refractivity contribution in [3.63, 3.8) is 0 Å². The topological polar surface area (TPSA) is 84.9 Å². The number of rotatable bonds is 8. The molecule has 0 saturated carbocycles. The van der Waals surface area contributed by atoms with Crippen LogP contribution in [0.5, 0.6) is 11.5 Å². The molecule has 8 heteroatoms. The van der Waals surface area contributed by atoms with Crippen molar-refractivity contribution in [2.75, 3.05) is 24.1 Å². The van der Waals surface area contributed by atoms with E-state index in [4.69, 9.17) is 9.47 Å². The van der Waals surface area contributed by atoms with Gasteiger partial charge in [-0.2, -0.15) is 0 Å². The van der Waals surface area contributed by atoms with Gasteiger partial charge in [-0.15, -0.1) is 0 Å². The van der Waals surface area contributed by atoms with Crippen LogP contribution in [0.4, 0.5) is 5.69 Å². The summed E-state index contributed by atoms with van der Waals surface area (Å²) in [6.07, 6.45) is 5.24. The molecule has 194 valence electrons. The van der Waals surface area contributed by atoms with Crippen molar-refractivity contribution in [1.82, 2.24) is 5.32 Å². The number of hydrogen-bond donors (Lipinski definition) is 1. The third-order valence-electron chi connectivity index (χ3n) is 6.95. The zero-order valence-corrected chi connectivity index (χ0v) is 21.8. The van der Waals surface area contributed by atoms with E-state index in [9.17, 15) is 13.2 Å². The molecule has 1 aliphatic heterocycles. The van der Waals surface area contributed by atoms with E-state index in [-0.39, 0.29) is 23.4 Å². The molecule has 0 unspecified atom stereocenters. The number of carbonyl (C=O) groups excluding carboxylic acids is 1. The Morgan fingerprint density at radius 1 is 0.919 bits per heavy atom. The Kier molecular flexibility index (Phi) is 7.37. The Labute approximate surface area is 218 Å². The molecule has 0 saturated heterocycles. The summed E-state index contributed by atoms with van der Waals surface area (Å²) in [5.74, 6) is 0.631. The Morgan fingerprint density at radius 2 is 1.65 bits per heavy atom. The summed E-state index contributed by atoms with van der Waals surface area (Å²) in [4.78, 5) is 13.5. The number of carbonyl (C=O) groups is 1. The molecular formula is C29H32N2O5S. The summed E-state index contributed by atoms with van der Waals surface area (Å²) in [5, 5.41) is 3.07. The number of ether oxygens (including phenoxy) is 2. The lowest BCUT2D eigenvalue weighted by atomic mass is 9.89.